The molecule has 2 aromatic rings. The van der Waals surface area contributed by atoms with Gasteiger partial charge in [-0.05, 0) is 57.0 Å². The standard InChI is InChI=1S/C21H28N2O3/c1-17-8-5-6-14-23(17)15-7-13-22-21(24)20-12-11-19(26-20)16-25-18-9-3-2-4-10-18/h2-4,9-12,17H,5-8,13-16H2,1H3,(H,22,24)/t17-/m0/s1. The maximum atomic E-state index is 12.2. The number of hydrogen-bond donors (Lipinski definition) is 1. The van der Waals surface area contributed by atoms with Gasteiger partial charge < -0.3 is 19.4 Å². The van der Waals surface area contributed by atoms with Crippen LogP contribution >= 0.6 is 0 Å². The predicted octanol–water partition coefficient (Wildman–Crippen LogP) is 3.85. The summed E-state index contributed by atoms with van der Waals surface area (Å²) in [6, 6.07) is 13.7. The van der Waals surface area contributed by atoms with Crippen LogP contribution in [0.5, 0.6) is 5.75 Å². The Morgan fingerprint density at radius 3 is 2.88 bits per heavy atom. The van der Waals surface area contributed by atoms with Gasteiger partial charge in [0.2, 0.25) is 0 Å². The average Bonchev–Trinajstić information content (AvgIpc) is 3.15. The molecule has 140 valence electrons. The highest BCUT2D eigenvalue weighted by molar-refractivity contribution is 5.91. The van der Waals surface area contributed by atoms with Gasteiger partial charge in [-0.15, -0.1) is 0 Å². The van der Waals surface area contributed by atoms with Gasteiger partial charge >= 0.3 is 0 Å². The van der Waals surface area contributed by atoms with E-state index < -0.39 is 0 Å². The summed E-state index contributed by atoms with van der Waals surface area (Å²) < 4.78 is 11.2. The Hall–Kier alpha value is -2.27. The first kappa shape index (κ1) is 18.5. The number of likely N-dealkylation sites (tertiary alicyclic amines) is 1. The van der Waals surface area contributed by atoms with E-state index in [9.17, 15) is 4.79 Å². The fourth-order valence-electron chi connectivity index (χ4n) is 3.31. The van der Waals surface area contributed by atoms with Crippen molar-refractivity contribution in [2.24, 2.45) is 0 Å². The Bertz CT molecular complexity index is 684. The van der Waals surface area contributed by atoms with E-state index in [2.05, 4.69) is 17.1 Å². The van der Waals surface area contributed by atoms with Gasteiger partial charge in [0.25, 0.3) is 5.91 Å². The highest BCUT2D eigenvalue weighted by atomic mass is 16.5. The topological polar surface area (TPSA) is 54.7 Å². The highest BCUT2D eigenvalue weighted by Crippen LogP contribution is 2.16. The largest absolute Gasteiger partial charge is 0.486 e. The molecule has 2 heterocycles. The molecule has 26 heavy (non-hydrogen) atoms. The number of furan rings is 1. The van der Waals surface area contributed by atoms with Crippen molar-refractivity contribution in [2.75, 3.05) is 19.6 Å². The molecule has 1 N–H and O–H groups in total. The summed E-state index contributed by atoms with van der Waals surface area (Å²) in [6.45, 7) is 5.48. The van der Waals surface area contributed by atoms with Crippen molar-refractivity contribution in [3.63, 3.8) is 0 Å². The van der Waals surface area contributed by atoms with Crippen molar-refractivity contribution in [1.82, 2.24) is 10.2 Å². The molecule has 1 amide bonds. The minimum atomic E-state index is -0.164. The summed E-state index contributed by atoms with van der Waals surface area (Å²) in [5.74, 6) is 1.59. The molecule has 0 bridgehead atoms. The number of para-hydroxylation sites is 1. The van der Waals surface area contributed by atoms with Crippen LogP contribution < -0.4 is 10.1 Å². The van der Waals surface area contributed by atoms with Crippen molar-refractivity contribution in [2.45, 2.75) is 45.3 Å². The molecule has 1 atom stereocenters. The third-order valence-electron chi connectivity index (χ3n) is 4.86. The van der Waals surface area contributed by atoms with Gasteiger partial charge in [0.05, 0.1) is 0 Å². The number of amides is 1. The third-order valence-corrected chi connectivity index (χ3v) is 4.86. The lowest BCUT2D eigenvalue weighted by Gasteiger charge is -2.33. The minimum Gasteiger partial charge on any atom is -0.486 e. The molecular formula is C21H28N2O3. The average molecular weight is 356 g/mol. The summed E-state index contributed by atoms with van der Waals surface area (Å²) in [4.78, 5) is 14.7. The minimum absolute atomic E-state index is 0.164. The third kappa shape index (κ3) is 5.36. The molecule has 0 unspecified atom stereocenters. The fourth-order valence-corrected chi connectivity index (χ4v) is 3.31. The predicted molar refractivity (Wildman–Crippen MR) is 101 cm³/mol. The number of carbonyl (C=O) groups excluding carboxylic acids is 1. The first-order valence-electron chi connectivity index (χ1n) is 9.51. The van der Waals surface area contributed by atoms with Crippen molar-refractivity contribution >= 4 is 5.91 Å². The number of piperidine rings is 1. The smallest absolute Gasteiger partial charge is 0.286 e. The van der Waals surface area contributed by atoms with E-state index in [1.165, 1.54) is 25.8 Å². The molecule has 0 saturated carbocycles. The van der Waals surface area contributed by atoms with Crippen molar-refractivity contribution < 1.29 is 13.9 Å². The van der Waals surface area contributed by atoms with Crippen LogP contribution in [0.3, 0.4) is 0 Å². The van der Waals surface area contributed by atoms with Crippen LogP contribution in [0, 0.1) is 0 Å². The molecule has 0 spiro atoms. The van der Waals surface area contributed by atoms with Crippen LogP contribution in [0.25, 0.3) is 0 Å². The summed E-state index contributed by atoms with van der Waals surface area (Å²) in [5.41, 5.74) is 0. The SMILES string of the molecule is C[C@H]1CCCCN1CCCNC(=O)c1ccc(COc2ccccc2)o1. The normalized spacial score (nSPS) is 17.8. The molecule has 3 rings (SSSR count). The first-order valence-corrected chi connectivity index (χ1v) is 9.51. The second-order valence-corrected chi connectivity index (χ2v) is 6.86. The summed E-state index contributed by atoms with van der Waals surface area (Å²) >= 11 is 0. The zero-order valence-corrected chi connectivity index (χ0v) is 15.4. The molecule has 5 nitrogen and oxygen atoms in total. The van der Waals surface area contributed by atoms with Gasteiger partial charge in [-0.25, -0.2) is 0 Å². The molecule has 1 aromatic carbocycles. The van der Waals surface area contributed by atoms with E-state index in [1.807, 2.05) is 30.3 Å². The van der Waals surface area contributed by atoms with Gasteiger partial charge in [-0.3, -0.25) is 4.79 Å². The summed E-state index contributed by atoms with van der Waals surface area (Å²) in [5, 5.41) is 2.94. The molecule has 1 saturated heterocycles. The van der Waals surface area contributed by atoms with Crippen molar-refractivity contribution in [1.29, 1.82) is 0 Å². The maximum Gasteiger partial charge on any atom is 0.286 e. The highest BCUT2D eigenvalue weighted by Gasteiger charge is 2.17. The Labute approximate surface area is 155 Å². The van der Waals surface area contributed by atoms with E-state index >= 15 is 0 Å². The van der Waals surface area contributed by atoms with E-state index in [1.54, 1.807) is 12.1 Å². The van der Waals surface area contributed by atoms with Crippen LogP contribution in [0.4, 0.5) is 0 Å². The lowest BCUT2D eigenvalue weighted by atomic mass is 10.0. The number of hydrogen-bond acceptors (Lipinski definition) is 4. The van der Waals surface area contributed by atoms with Gasteiger partial charge in [-0.1, -0.05) is 24.6 Å². The van der Waals surface area contributed by atoms with Crippen LogP contribution in [0.2, 0.25) is 0 Å². The van der Waals surface area contributed by atoms with Crippen LogP contribution in [-0.4, -0.2) is 36.5 Å². The van der Waals surface area contributed by atoms with E-state index in [0.29, 0.717) is 30.7 Å². The maximum absolute atomic E-state index is 12.2. The van der Waals surface area contributed by atoms with E-state index in [-0.39, 0.29) is 5.91 Å². The molecule has 5 heteroatoms. The van der Waals surface area contributed by atoms with Gasteiger partial charge in [-0.2, -0.15) is 0 Å². The molecule has 1 aliphatic rings. The lowest BCUT2D eigenvalue weighted by molar-refractivity contribution is 0.0917. The Morgan fingerprint density at radius 2 is 2.08 bits per heavy atom. The molecular weight excluding hydrogens is 328 g/mol. The number of rotatable bonds is 8. The molecule has 1 fully saturated rings. The van der Waals surface area contributed by atoms with Gasteiger partial charge in [0.15, 0.2) is 5.76 Å². The Balaban J connectivity index is 1.37. The number of benzene rings is 1. The summed E-state index contributed by atoms with van der Waals surface area (Å²) in [7, 11) is 0. The first-order chi connectivity index (χ1) is 12.7. The molecule has 1 aromatic heterocycles. The summed E-state index contributed by atoms with van der Waals surface area (Å²) in [6.07, 6.45) is 4.87. The van der Waals surface area contributed by atoms with E-state index in [0.717, 1.165) is 18.7 Å². The monoisotopic (exact) mass is 356 g/mol. The lowest BCUT2D eigenvalue weighted by Crippen LogP contribution is -2.39. The van der Waals surface area contributed by atoms with Crippen LogP contribution in [0.15, 0.2) is 46.9 Å². The molecule has 0 aliphatic carbocycles. The number of nitrogens with one attached hydrogen (secondary N) is 1. The Morgan fingerprint density at radius 1 is 1.23 bits per heavy atom. The molecule has 0 radical (unpaired) electrons. The number of carbonyl (C=O) groups is 1. The van der Waals surface area contributed by atoms with Crippen LogP contribution in [-0.2, 0) is 6.61 Å². The quantitative estimate of drug-likeness (QED) is 0.730. The zero-order valence-electron chi connectivity index (χ0n) is 15.4. The van der Waals surface area contributed by atoms with Crippen molar-refractivity contribution in [3.05, 3.63) is 54.0 Å². The zero-order chi connectivity index (χ0) is 18.2. The number of ether oxygens (including phenoxy) is 1. The Kier molecular flexibility index (Phi) is 6.72. The van der Waals surface area contributed by atoms with Crippen molar-refractivity contribution in [3.8, 4) is 5.75 Å². The molecule has 1 aliphatic heterocycles. The van der Waals surface area contributed by atoms with Crippen LogP contribution in [0.1, 0.15) is 48.9 Å². The van der Waals surface area contributed by atoms with Gasteiger partial charge in [0, 0.05) is 19.1 Å². The fraction of sp³-hybridized carbons (Fsp3) is 0.476. The second kappa shape index (κ2) is 9.43. The second-order valence-electron chi connectivity index (χ2n) is 6.86. The van der Waals surface area contributed by atoms with Gasteiger partial charge in [0.1, 0.15) is 18.1 Å². The van der Waals surface area contributed by atoms with E-state index in [4.69, 9.17) is 9.15 Å². The number of nitrogens with zero attached hydrogens (tertiary/aromatic N) is 1.